The van der Waals surface area contributed by atoms with Gasteiger partial charge in [0.1, 0.15) is 11.6 Å². The number of hydrogen-bond acceptors (Lipinski definition) is 5. The largest absolute Gasteiger partial charge is 0.378 e. The van der Waals surface area contributed by atoms with Crippen LogP contribution in [0.25, 0.3) is 22.6 Å². The number of morpholine rings is 1. The molecule has 0 spiro atoms. The molecule has 3 heterocycles. The first-order valence-electron chi connectivity index (χ1n) is 9.92. The zero-order chi connectivity index (χ0) is 20.3. The summed E-state index contributed by atoms with van der Waals surface area (Å²) in [5, 5.41) is 2.91. The molecule has 150 valence electrons. The number of hydrogen-bond donors (Lipinski definition) is 2. The lowest BCUT2D eigenvalue weighted by atomic mass is 10.1. The highest BCUT2D eigenvalue weighted by molar-refractivity contribution is 6.04. The second kappa shape index (κ2) is 7.96. The molecule has 1 aliphatic rings. The van der Waals surface area contributed by atoms with Crippen molar-refractivity contribution >= 4 is 28.6 Å². The van der Waals surface area contributed by atoms with Gasteiger partial charge in [0.25, 0.3) is 5.91 Å². The van der Waals surface area contributed by atoms with Gasteiger partial charge in [0, 0.05) is 29.9 Å². The van der Waals surface area contributed by atoms with Crippen LogP contribution in [0, 0.1) is 0 Å². The molecule has 7 heteroatoms. The van der Waals surface area contributed by atoms with E-state index >= 15 is 0 Å². The maximum Gasteiger partial charge on any atom is 0.255 e. The van der Waals surface area contributed by atoms with Gasteiger partial charge in [-0.2, -0.15) is 0 Å². The molecule has 0 bridgehead atoms. The Morgan fingerprint density at radius 1 is 0.933 bits per heavy atom. The van der Waals surface area contributed by atoms with Gasteiger partial charge in [-0.25, -0.2) is 9.97 Å². The number of imidazole rings is 1. The first-order chi connectivity index (χ1) is 14.8. The summed E-state index contributed by atoms with van der Waals surface area (Å²) in [7, 11) is 0. The van der Waals surface area contributed by atoms with E-state index in [-0.39, 0.29) is 5.91 Å². The van der Waals surface area contributed by atoms with E-state index in [9.17, 15) is 4.79 Å². The monoisotopic (exact) mass is 399 g/mol. The summed E-state index contributed by atoms with van der Waals surface area (Å²) in [4.78, 5) is 27.2. The van der Waals surface area contributed by atoms with E-state index in [1.54, 1.807) is 12.1 Å². The fraction of sp³-hybridized carbons (Fsp3) is 0.174. The molecular weight excluding hydrogens is 378 g/mol. The van der Waals surface area contributed by atoms with Gasteiger partial charge in [0.2, 0.25) is 0 Å². The van der Waals surface area contributed by atoms with Crippen LogP contribution >= 0.6 is 0 Å². The van der Waals surface area contributed by atoms with Gasteiger partial charge in [-0.15, -0.1) is 0 Å². The molecule has 0 atom stereocenters. The number of rotatable bonds is 4. The number of benzene rings is 2. The van der Waals surface area contributed by atoms with E-state index in [0.717, 1.165) is 54.7 Å². The summed E-state index contributed by atoms with van der Waals surface area (Å²) >= 11 is 0. The number of carbonyl (C=O) groups excluding carboxylic acids is 1. The molecule has 0 aliphatic carbocycles. The molecule has 0 radical (unpaired) electrons. The van der Waals surface area contributed by atoms with Crippen LogP contribution in [0.4, 0.5) is 11.5 Å². The van der Waals surface area contributed by atoms with Crippen molar-refractivity contribution in [2.24, 2.45) is 0 Å². The lowest BCUT2D eigenvalue weighted by Gasteiger charge is -2.27. The van der Waals surface area contributed by atoms with Crippen LogP contribution in [0.2, 0.25) is 0 Å². The van der Waals surface area contributed by atoms with Crippen LogP contribution in [0.3, 0.4) is 0 Å². The van der Waals surface area contributed by atoms with Crippen molar-refractivity contribution in [1.29, 1.82) is 0 Å². The second-order valence-corrected chi connectivity index (χ2v) is 7.12. The SMILES string of the molecule is O=C(Nc1ccc(-c2nc3nc(N4CCOCC4)ccc3[nH]2)cc1)c1ccccc1. The van der Waals surface area contributed by atoms with Crippen LogP contribution in [0.5, 0.6) is 0 Å². The molecule has 0 saturated carbocycles. The molecule has 5 rings (SSSR count). The van der Waals surface area contributed by atoms with E-state index < -0.39 is 0 Å². The molecule has 0 unspecified atom stereocenters. The maximum atomic E-state index is 12.3. The summed E-state index contributed by atoms with van der Waals surface area (Å²) in [6.07, 6.45) is 0. The average Bonchev–Trinajstić information content (AvgIpc) is 3.24. The van der Waals surface area contributed by atoms with E-state index in [4.69, 9.17) is 9.72 Å². The third kappa shape index (κ3) is 3.75. The molecule has 1 aliphatic heterocycles. The van der Waals surface area contributed by atoms with Gasteiger partial charge in [-0.05, 0) is 48.5 Å². The Labute approximate surface area is 173 Å². The highest BCUT2D eigenvalue weighted by Crippen LogP contribution is 2.24. The van der Waals surface area contributed by atoms with Crippen LogP contribution in [-0.4, -0.2) is 47.2 Å². The standard InChI is InChI=1S/C23H21N5O2/c29-23(17-4-2-1-3-5-17)24-18-8-6-16(7-9-18)21-25-19-10-11-20(26-22(19)27-21)28-12-14-30-15-13-28/h1-11H,12-15H2,(H,24,29)(H,25,26,27). The van der Waals surface area contributed by atoms with E-state index in [2.05, 4.69) is 20.2 Å². The molecule has 2 N–H and O–H groups in total. The average molecular weight is 399 g/mol. The topological polar surface area (TPSA) is 83.1 Å². The lowest BCUT2D eigenvalue weighted by Crippen LogP contribution is -2.36. The molecule has 4 aromatic rings. The summed E-state index contributed by atoms with van der Waals surface area (Å²) in [5.41, 5.74) is 3.87. The minimum absolute atomic E-state index is 0.132. The molecule has 30 heavy (non-hydrogen) atoms. The predicted molar refractivity (Wildman–Crippen MR) is 117 cm³/mol. The summed E-state index contributed by atoms with van der Waals surface area (Å²) < 4.78 is 5.41. The molecule has 1 amide bonds. The van der Waals surface area contributed by atoms with Crippen LogP contribution in [0.15, 0.2) is 66.7 Å². The number of nitrogens with one attached hydrogen (secondary N) is 2. The molecule has 2 aromatic carbocycles. The van der Waals surface area contributed by atoms with Crippen molar-refractivity contribution in [1.82, 2.24) is 15.0 Å². The first kappa shape index (κ1) is 18.3. The van der Waals surface area contributed by atoms with E-state index in [1.807, 2.05) is 54.6 Å². The maximum absolute atomic E-state index is 12.3. The zero-order valence-electron chi connectivity index (χ0n) is 16.3. The van der Waals surface area contributed by atoms with Crippen molar-refractivity contribution in [2.45, 2.75) is 0 Å². The number of H-pyrrole nitrogens is 1. The van der Waals surface area contributed by atoms with Crippen LogP contribution in [-0.2, 0) is 4.74 Å². The van der Waals surface area contributed by atoms with Crippen LogP contribution < -0.4 is 10.2 Å². The smallest absolute Gasteiger partial charge is 0.255 e. The Kier molecular flexibility index (Phi) is 4.86. The molecular formula is C23H21N5O2. The highest BCUT2D eigenvalue weighted by atomic mass is 16.5. The number of fused-ring (bicyclic) bond motifs is 1. The summed E-state index contributed by atoms with van der Waals surface area (Å²) in [6.45, 7) is 3.12. The van der Waals surface area contributed by atoms with Crippen molar-refractivity contribution in [3.05, 3.63) is 72.3 Å². The molecule has 2 aromatic heterocycles. The van der Waals surface area contributed by atoms with Crippen molar-refractivity contribution in [3.8, 4) is 11.4 Å². The third-order valence-corrected chi connectivity index (χ3v) is 5.12. The lowest BCUT2D eigenvalue weighted by molar-refractivity contribution is 0.102. The van der Waals surface area contributed by atoms with Gasteiger partial charge >= 0.3 is 0 Å². The minimum atomic E-state index is -0.132. The number of aromatic nitrogens is 3. The van der Waals surface area contributed by atoms with Gasteiger partial charge in [-0.1, -0.05) is 18.2 Å². The van der Waals surface area contributed by atoms with Gasteiger partial charge in [-0.3, -0.25) is 4.79 Å². The third-order valence-electron chi connectivity index (χ3n) is 5.12. The number of ether oxygens (including phenoxy) is 1. The minimum Gasteiger partial charge on any atom is -0.378 e. The highest BCUT2D eigenvalue weighted by Gasteiger charge is 2.14. The number of carbonyl (C=O) groups is 1. The Bertz CT molecular complexity index is 1170. The first-order valence-corrected chi connectivity index (χ1v) is 9.92. The van der Waals surface area contributed by atoms with Crippen molar-refractivity contribution < 1.29 is 9.53 Å². The molecule has 1 fully saturated rings. The Hall–Kier alpha value is -3.71. The zero-order valence-corrected chi connectivity index (χ0v) is 16.3. The van der Waals surface area contributed by atoms with Gasteiger partial charge in [0.05, 0.1) is 18.7 Å². The fourth-order valence-corrected chi connectivity index (χ4v) is 3.49. The quantitative estimate of drug-likeness (QED) is 0.547. The molecule has 1 saturated heterocycles. The van der Waals surface area contributed by atoms with Crippen LogP contribution in [0.1, 0.15) is 10.4 Å². The Balaban J connectivity index is 1.34. The normalized spacial score (nSPS) is 14.1. The summed E-state index contributed by atoms with van der Waals surface area (Å²) in [5.74, 6) is 1.53. The number of amides is 1. The Morgan fingerprint density at radius 3 is 2.47 bits per heavy atom. The summed E-state index contributed by atoms with van der Waals surface area (Å²) in [6, 6.07) is 20.8. The second-order valence-electron chi connectivity index (χ2n) is 7.12. The van der Waals surface area contributed by atoms with E-state index in [1.165, 1.54) is 0 Å². The molecule has 7 nitrogen and oxygen atoms in total. The van der Waals surface area contributed by atoms with Gasteiger partial charge in [0.15, 0.2) is 5.65 Å². The number of anilines is 2. The van der Waals surface area contributed by atoms with Gasteiger partial charge < -0.3 is 19.9 Å². The van der Waals surface area contributed by atoms with E-state index in [0.29, 0.717) is 11.2 Å². The fourth-order valence-electron chi connectivity index (χ4n) is 3.49. The van der Waals surface area contributed by atoms with Crippen molar-refractivity contribution in [2.75, 3.05) is 36.5 Å². The number of pyridine rings is 1. The predicted octanol–water partition coefficient (Wildman–Crippen LogP) is 3.71. The number of nitrogens with zero attached hydrogens (tertiary/aromatic N) is 3. The van der Waals surface area contributed by atoms with Crippen molar-refractivity contribution in [3.63, 3.8) is 0 Å². The number of aromatic amines is 1. The Morgan fingerprint density at radius 2 is 1.70 bits per heavy atom.